The van der Waals surface area contributed by atoms with Crippen LogP contribution in [0.5, 0.6) is 0 Å². The van der Waals surface area contributed by atoms with Crippen molar-refractivity contribution in [1.82, 2.24) is 14.3 Å². The van der Waals surface area contributed by atoms with Crippen LogP contribution in [0.15, 0.2) is 41.6 Å². The Morgan fingerprint density at radius 2 is 1.72 bits per heavy atom. The molecule has 1 aromatic carbocycles. The minimum Gasteiger partial charge on any atom is -0.480 e. The van der Waals surface area contributed by atoms with Crippen LogP contribution in [-0.4, -0.2) is 45.6 Å². The van der Waals surface area contributed by atoms with Crippen LogP contribution in [0.1, 0.15) is 28.7 Å². The average Bonchev–Trinajstić information content (AvgIpc) is 2.60. The Morgan fingerprint density at radius 1 is 1.12 bits per heavy atom. The minimum atomic E-state index is -4.07. The predicted octanol–water partition coefficient (Wildman–Crippen LogP) is 0.879. The second-order valence-corrected chi connectivity index (χ2v) is 7.53. The zero-order valence-corrected chi connectivity index (χ0v) is 14.1. The molecule has 9 heteroatoms. The molecule has 130 valence electrons. The first-order chi connectivity index (χ1) is 11.8. The molecular weight excluding hydrogens is 346 g/mol. The number of fused-ring (bicyclic) bond motifs is 1. The van der Waals surface area contributed by atoms with E-state index in [4.69, 9.17) is 0 Å². The molecule has 0 radical (unpaired) electrons. The van der Waals surface area contributed by atoms with Crippen molar-refractivity contribution < 1.29 is 23.1 Å². The molecule has 0 aliphatic carbocycles. The SMILES string of the molecule is CC(=O)c1ccc(S(=O)(=O)N2Cc3nccnc3CC2C(=O)O)cc1. The highest BCUT2D eigenvalue weighted by Gasteiger charge is 2.40. The van der Waals surface area contributed by atoms with E-state index < -0.39 is 22.0 Å². The maximum Gasteiger partial charge on any atom is 0.322 e. The highest BCUT2D eigenvalue weighted by molar-refractivity contribution is 7.89. The van der Waals surface area contributed by atoms with Crippen LogP contribution < -0.4 is 0 Å². The molecule has 1 atom stereocenters. The third kappa shape index (κ3) is 3.15. The van der Waals surface area contributed by atoms with E-state index in [2.05, 4.69) is 9.97 Å². The number of ketones is 1. The van der Waals surface area contributed by atoms with E-state index in [1.165, 1.54) is 43.6 Å². The summed E-state index contributed by atoms with van der Waals surface area (Å²) < 4.78 is 26.8. The molecular formula is C16H15N3O5S. The quantitative estimate of drug-likeness (QED) is 0.803. The van der Waals surface area contributed by atoms with E-state index in [9.17, 15) is 23.1 Å². The summed E-state index contributed by atoms with van der Waals surface area (Å²) in [5.74, 6) is -1.44. The Balaban J connectivity index is 2.02. The molecule has 2 aromatic rings. The smallest absolute Gasteiger partial charge is 0.322 e. The van der Waals surface area contributed by atoms with Crippen molar-refractivity contribution in [2.45, 2.75) is 30.8 Å². The maximum atomic E-state index is 12.9. The minimum absolute atomic E-state index is 0.0523. The summed E-state index contributed by atoms with van der Waals surface area (Å²) >= 11 is 0. The number of sulfonamides is 1. The standard InChI is InChI=1S/C16H15N3O5S/c1-10(20)11-2-4-12(5-3-11)25(23,24)19-9-14-13(17-6-7-18-14)8-15(19)16(21)22/h2-7,15H,8-9H2,1H3,(H,21,22). The van der Waals surface area contributed by atoms with E-state index in [0.717, 1.165) is 4.31 Å². The number of carbonyl (C=O) groups excluding carboxylic acids is 1. The van der Waals surface area contributed by atoms with Crippen molar-refractivity contribution in [3.05, 3.63) is 53.6 Å². The predicted molar refractivity (Wildman–Crippen MR) is 86.3 cm³/mol. The van der Waals surface area contributed by atoms with Crippen molar-refractivity contribution in [3.63, 3.8) is 0 Å². The molecule has 1 aliphatic heterocycles. The van der Waals surface area contributed by atoms with Crippen LogP contribution in [0.3, 0.4) is 0 Å². The van der Waals surface area contributed by atoms with Crippen LogP contribution in [0.25, 0.3) is 0 Å². The van der Waals surface area contributed by atoms with Gasteiger partial charge in [0.25, 0.3) is 0 Å². The molecule has 25 heavy (non-hydrogen) atoms. The first-order valence-corrected chi connectivity index (χ1v) is 8.89. The second-order valence-electron chi connectivity index (χ2n) is 5.64. The molecule has 0 amide bonds. The number of carboxylic acids is 1. The Hall–Kier alpha value is -2.65. The molecule has 1 aromatic heterocycles. The maximum absolute atomic E-state index is 12.9. The molecule has 1 aliphatic rings. The molecule has 0 bridgehead atoms. The van der Waals surface area contributed by atoms with Crippen molar-refractivity contribution >= 4 is 21.8 Å². The van der Waals surface area contributed by atoms with E-state index in [-0.39, 0.29) is 23.6 Å². The highest BCUT2D eigenvalue weighted by atomic mass is 32.2. The molecule has 1 N–H and O–H groups in total. The van der Waals surface area contributed by atoms with Gasteiger partial charge in [0, 0.05) is 24.4 Å². The Morgan fingerprint density at radius 3 is 2.28 bits per heavy atom. The molecule has 8 nitrogen and oxygen atoms in total. The van der Waals surface area contributed by atoms with Crippen molar-refractivity contribution in [2.24, 2.45) is 0 Å². The van der Waals surface area contributed by atoms with Gasteiger partial charge in [0.1, 0.15) is 6.04 Å². The van der Waals surface area contributed by atoms with Crippen molar-refractivity contribution in [1.29, 1.82) is 0 Å². The van der Waals surface area contributed by atoms with Gasteiger partial charge in [-0.15, -0.1) is 0 Å². The Bertz CT molecular complexity index is 940. The van der Waals surface area contributed by atoms with E-state index in [1.807, 2.05) is 0 Å². The number of hydrogen-bond acceptors (Lipinski definition) is 6. The third-order valence-electron chi connectivity index (χ3n) is 4.05. The fourth-order valence-corrected chi connectivity index (χ4v) is 4.24. The number of aliphatic carboxylic acids is 1. The second kappa shape index (κ2) is 6.34. The first kappa shape index (κ1) is 17.2. The van der Waals surface area contributed by atoms with Crippen LogP contribution >= 0.6 is 0 Å². The van der Waals surface area contributed by atoms with Gasteiger partial charge in [0.15, 0.2) is 5.78 Å². The van der Waals surface area contributed by atoms with Crippen LogP contribution in [0, 0.1) is 0 Å². The topological polar surface area (TPSA) is 118 Å². The number of nitrogens with zero attached hydrogens (tertiary/aromatic N) is 3. The summed E-state index contributed by atoms with van der Waals surface area (Å²) in [6, 6.07) is 4.15. The molecule has 0 saturated carbocycles. The lowest BCUT2D eigenvalue weighted by Gasteiger charge is -2.32. The number of hydrogen-bond donors (Lipinski definition) is 1. The van der Waals surface area contributed by atoms with Crippen molar-refractivity contribution in [2.75, 3.05) is 0 Å². The summed E-state index contributed by atoms with van der Waals surface area (Å²) in [6.07, 6.45) is 2.83. The van der Waals surface area contributed by atoms with Crippen LogP contribution in [0.4, 0.5) is 0 Å². The van der Waals surface area contributed by atoms with Gasteiger partial charge in [-0.25, -0.2) is 8.42 Å². The zero-order chi connectivity index (χ0) is 18.2. The molecule has 2 heterocycles. The number of carboxylic acid groups (broad SMARTS) is 1. The Kier molecular flexibility index (Phi) is 4.36. The monoisotopic (exact) mass is 361 g/mol. The van der Waals surface area contributed by atoms with E-state index in [1.54, 1.807) is 0 Å². The summed E-state index contributed by atoms with van der Waals surface area (Å²) in [5.41, 5.74) is 1.29. The van der Waals surface area contributed by atoms with Gasteiger partial charge < -0.3 is 5.11 Å². The van der Waals surface area contributed by atoms with Gasteiger partial charge in [-0.3, -0.25) is 19.6 Å². The average molecular weight is 361 g/mol. The number of rotatable bonds is 4. The van der Waals surface area contributed by atoms with Gasteiger partial charge in [-0.1, -0.05) is 12.1 Å². The number of benzene rings is 1. The van der Waals surface area contributed by atoms with Crippen molar-refractivity contribution in [3.8, 4) is 0 Å². The highest BCUT2D eigenvalue weighted by Crippen LogP contribution is 2.27. The first-order valence-electron chi connectivity index (χ1n) is 7.45. The molecule has 0 saturated heterocycles. The van der Waals surface area contributed by atoms with Crippen LogP contribution in [-0.2, 0) is 27.8 Å². The summed E-state index contributed by atoms with van der Waals surface area (Å²) in [4.78, 5) is 31.0. The van der Waals surface area contributed by atoms with E-state index in [0.29, 0.717) is 17.0 Å². The Labute approximate surface area is 144 Å². The number of Topliss-reactive ketones (excluding diaryl/α,β-unsaturated/α-hetero) is 1. The summed E-state index contributed by atoms with van der Waals surface area (Å²) in [7, 11) is -4.07. The molecule has 3 rings (SSSR count). The summed E-state index contributed by atoms with van der Waals surface area (Å²) in [5, 5.41) is 9.46. The molecule has 0 spiro atoms. The zero-order valence-electron chi connectivity index (χ0n) is 13.3. The van der Waals surface area contributed by atoms with Gasteiger partial charge in [-0.2, -0.15) is 4.31 Å². The fourth-order valence-electron chi connectivity index (χ4n) is 2.70. The molecule has 1 unspecified atom stereocenters. The third-order valence-corrected chi connectivity index (χ3v) is 5.92. The van der Waals surface area contributed by atoms with Gasteiger partial charge in [-0.05, 0) is 19.1 Å². The van der Waals surface area contributed by atoms with Gasteiger partial charge >= 0.3 is 5.97 Å². The summed E-state index contributed by atoms with van der Waals surface area (Å²) in [6.45, 7) is 1.21. The normalized spacial score (nSPS) is 17.7. The lowest BCUT2D eigenvalue weighted by atomic mass is 10.1. The fraction of sp³-hybridized carbons (Fsp3) is 0.250. The van der Waals surface area contributed by atoms with E-state index >= 15 is 0 Å². The molecule has 0 fully saturated rings. The van der Waals surface area contributed by atoms with Gasteiger partial charge in [0.05, 0.1) is 22.8 Å². The van der Waals surface area contributed by atoms with Crippen LogP contribution in [0.2, 0.25) is 0 Å². The van der Waals surface area contributed by atoms with Gasteiger partial charge in [0.2, 0.25) is 10.0 Å². The lowest BCUT2D eigenvalue weighted by Crippen LogP contribution is -2.49. The lowest BCUT2D eigenvalue weighted by molar-refractivity contribution is -0.141. The largest absolute Gasteiger partial charge is 0.480 e. The number of carbonyl (C=O) groups is 2. The number of aromatic nitrogens is 2.